The zero-order valence-electron chi connectivity index (χ0n) is 22.8. The van der Waals surface area contributed by atoms with Gasteiger partial charge >= 0.3 is 0 Å². The second-order valence-electron chi connectivity index (χ2n) is 9.39. The summed E-state index contributed by atoms with van der Waals surface area (Å²) in [6.45, 7) is -0.292. The highest BCUT2D eigenvalue weighted by molar-refractivity contribution is 5.99. The number of amides is 2. The molecular formula is C31H27F2N5O4. The van der Waals surface area contributed by atoms with E-state index in [0.717, 1.165) is 0 Å². The van der Waals surface area contributed by atoms with Gasteiger partial charge in [0, 0.05) is 12.6 Å². The van der Waals surface area contributed by atoms with Gasteiger partial charge in [0.25, 0.3) is 5.91 Å². The van der Waals surface area contributed by atoms with E-state index in [1.54, 1.807) is 36.4 Å². The molecule has 0 saturated carbocycles. The third kappa shape index (κ3) is 6.20. The molecule has 42 heavy (non-hydrogen) atoms. The van der Waals surface area contributed by atoms with E-state index in [0.29, 0.717) is 39.3 Å². The fourth-order valence-electron chi connectivity index (χ4n) is 4.58. The smallest absolute Gasteiger partial charge is 0.251 e. The average Bonchev–Trinajstić information content (AvgIpc) is 3.41. The maximum absolute atomic E-state index is 14.0. The first kappa shape index (κ1) is 28.2. The van der Waals surface area contributed by atoms with E-state index < -0.39 is 29.5 Å². The molecule has 0 fully saturated rings. The van der Waals surface area contributed by atoms with Gasteiger partial charge in [-0.25, -0.2) is 13.5 Å². The van der Waals surface area contributed by atoms with Crippen LogP contribution in [0.5, 0.6) is 11.5 Å². The van der Waals surface area contributed by atoms with E-state index in [9.17, 15) is 18.4 Å². The molecule has 1 atom stereocenters. The number of rotatable bonds is 10. The van der Waals surface area contributed by atoms with Crippen LogP contribution in [0.4, 0.5) is 14.5 Å². The van der Waals surface area contributed by atoms with Crippen LogP contribution in [-0.4, -0.2) is 45.9 Å². The van der Waals surface area contributed by atoms with Gasteiger partial charge in [0.1, 0.15) is 41.2 Å². The number of anilines is 1. The van der Waals surface area contributed by atoms with Crippen molar-refractivity contribution < 1.29 is 27.8 Å². The van der Waals surface area contributed by atoms with Crippen molar-refractivity contribution >= 4 is 28.5 Å². The Kier molecular flexibility index (Phi) is 8.37. The van der Waals surface area contributed by atoms with Crippen molar-refractivity contribution in [3.63, 3.8) is 0 Å². The zero-order valence-corrected chi connectivity index (χ0v) is 22.8. The van der Waals surface area contributed by atoms with E-state index >= 15 is 0 Å². The molecule has 0 aliphatic heterocycles. The van der Waals surface area contributed by atoms with Gasteiger partial charge in [-0.15, -0.1) is 5.10 Å². The van der Waals surface area contributed by atoms with Gasteiger partial charge in [-0.3, -0.25) is 9.59 Å². The lowest BCUT2D eigenvalue weighted by atomic mass is 10.0. The maximum atomic E-state index is 14.0. The van der Waals surface area contributed by atoms with Gasteiger partial charge < -0.3 is 19.7 Å². The normalized spacial score (nSPS) is 11.6. The number of para-hydroxylation sites is 1. The highest BCUT2D eigenvalue weighted by atomic mass is 19.1. The number of carbonyl (C=O) groups excluding carboxylic acids is 2. The Labute approximate surface area is 240 Å². The van der Waals surface area contributed by atoms with E-state index in [4.69, 9.17) is 9.47 Å². The Bertz CT molecular complexity index is 1710. The SMILES string of the molecule is COc1ccc(NC(=O)C(c2ccc(F)cc2)N(Cc2ccc(F)cc2)C(=O)Cn2nnc3ccccc32)c(OC)c1. The number of halogens is 2. The van der Waals surface area contributed by atoms with Crippen molar-refractivity contribution in [3.8, 4) is 11.5 Å². The van der Waals surface area contributed by atoms with Gasteiger partial charge in [0.2, 0.25) is 5.91 Å². The third-order valence-electron chi connectivity index (χ3n) is 6.70. The van der Waals surface area contributed by atoms with Crippen molar-refractivity contribution in [1.29, 1.82) is 0 Å². The van der Waals surface area contributed by atoms with Gasteiger partial charge in [0.05, 0.1) is 25.4 Å². The minimum Gasteiger partial charge on any atom is -0.497 e. The largest absolute Gasteiger partial charge is 0.497 e. The highest BCUT2D eigenvalue weighted by Gasteiger charge is 2.33. The molecule has 5 aromatic rings. The number of hydrogen-bond donors (Lipinski definition) is 1. The first-order chi connectivity index (χ1) is 20.4. The van der Waals surface area contributed by atoms with Crippen molar-refractivity contribution in [2.24, 2.45) is 0 Å². The van der Waals surface area contributed by atoms with Crippen molar-refractivity contribution in [3.05, 3.63) is 114 Å². The summed E-state index contributed by atoms with van der Waals surface area (Å²) in [5.74, 6) is -1.13. The number of aromatic nitrogens is 3. The molecule has 11 heteroatoms. The third-order valence-corrected chi connectivity index (χ3v) is 6.70. The molecule has 4 aromatic carbocycles. The van der Waals surface area contributed by atoms with Crippen LogP contribution < -0.4 is 14.8 Å². The molecular weight excluding hydrogens is 544 g/mol. The summed E-state index contributed by atoms with van der Waals surface area (Å²) in [6, 6.07) is 21.8. The van der Waals surface area contributed by atoms with Crippen LogP contribution in [0.2, 0.25) is 0 Å². The van der Waals surface area contributed by atoms with E-state index in [-0.39, 0.29) is 13.1 Å². The molecule has 214 valence electrons. The zero-order chi connectivity index (χ0) is 29.6. The molecule has 0 radical (unpaired) electrons. The molecule has 0 aliphatic carbocycles. The molecule has 0 saturated heterocycles. The van der Waals surface area contributed by atoms with Gasteiger partial charge in [-0.05, 0) is 59.7 Å². The molecule has 5 rings (SSSR count). The number of ether oxygens (including phenoxy) is 2. The molecule has 1 heterocycles. The Hall–Kier alpha value is -5.32. The van der Waals surface area contributed by atoms with Crippen LogP contribution in [0.25, 0.3) is 11.0 Å². The first-order valence-corrected chi connectivity index (χ1v) is 13.0. The predicted molar refractivity (Wildman–Crippen MR) is 152 cm³/mol. The van der Waals surface area contributed by atoms with Crippen LogP contribution in [0.3, 0.4) is 0 Å². The summed E-state index contributed by atoms with van der Waals surface area (Å²) < 4.78 is 39.8. The van der Waals surface area contributed by atoms with Crippen LogP contribution in [-0.2, 0) is 22.7 Å². The maximum Gasteiger partial charge on any atom is 0.251 e. The summed E-state index contributed by atoms with van der Waals surface area (Å²) in [6.07, 6.45) is 0. The molecule has 1 N–H and O–H groups in total. The van der Waals surface area contributed by atoms with Crippen LogP contribution in [0.1, 0.15) is 17.2 Å². The fraction of sp³-hybridized carbons (Fsp3) is 0.161. The highest BCUT2D eigenvalue weighted by Crippen LogP contribution is 2.32. The topological polar surface area (TPSA) is 98.6 Å². The number of nitrogens with zero attached hydrogens (tertiary/aromatic N) is 4. The van der Waals surface area contributed by atoms with E-state index in [1.807, 2.05) is 6.07 Å². The standard InChI is InChI=1S/C31H27F2N5O4/c1-41-24-15-16-26(28(17-24)42-2)34-31(40)30(21-9-13-23(33)14-10-21)37(18-20-7-11-22(32)12-8-20)29(39)19-38-27-6-4-3-5-25(27)35-36-38/h3-17,30H,18-19H2,1-2H3,(H,34,40). The quantitative estimate of drug-likeness (QED) is 0.250. The summed E-state index contributed by atoms with van der Waals surface area (Å²) in [4.78, 5) is 29.4. The summed E-state index contributed by atoms with van der Waals surface area (Å²) in [5.41, 5.74) is 2.52. The minimum atomic E-state index is -1.22. The molecule has 9 nitrogen and oxygen atoms in total. The first-order valence-electron chi connectivity index (χ1n) is 13.0. The number of benzene rings is 4. The van der Waals surface area contributed by atoms with Gasteiger partial charge in [0.15, 0.2) is 0 Å². The molecule has 0 bridgehead atoms. The molecule has 1 aromatic heterocycles. The predicted octanol–water partition coefficient (Wildman–Crippen LogP) is 5.14. The van der Waals surface area contributed by atoms with Crippen molar-refractivity contribution in [2.45, 2.75) is 19.1 Å². The number of methoxy groups -OCH3 is 2. The summed E-state index contributed by atoms with van der Waals surface area (Å²) in [7, 11) is 2.96. The molecule has 0 spiro atoms. The van der Waals surface area contributed by atoms with Crippen molar-refractivity contribution in [1.82, 2.24) is 19.9 Å². The Balaban J connectivity index is 1.56. The monoisotopic (exact) mass is 571 g/mol. The number of nitrogens with one attached hydrogen (secondary N) is 1. The van der Waals surface area contributed by atoms with Gasteiger partial charge in [-0.2, -0.15) is 0 Å². The van der Waals surface area contributed by atoms with Crippen LogP contribution in [0.15, 0.2) is 91.0 Å². The van der Waals surface area contributed by atoms with Crippen molar-refractivity contribution in [2.75, 3.05) is 19.5 Å². The van der Waals surface area contributed by atoms with Crippen LogP contribution in [0, 0.1) is 11.6 Å². The van der Waals surface area contributed by atoms with Gasteiger partial charge in [-0.1, -0.05) is 41.6 Å². The molecule has 2 amide bonds. The molecule has 0 aliphatic rings. The number of fused-ring (bicyclic) bond motifs is 1. The Morgan fingerprint density at radius 2 is 1.60 bits per heavy atom. The second-order valence-corrected chi connectivity index (χ2v) is 9.39. The van der Waals surface area contributed by atoms with E-state index in [2.05, 4.69) is 15.6 Å². The minimum absolute atomic E-state index is 0.0546. The van der Waals surface area contributed by atoms with Crippen LogP contribution >= 0.6 is 0 Å². The lowest BCUT2D eigenvalue weighted by Crippen LogP contribution is -2.42. The van der Waals surface area contributed by atoms with E-state index in [1.165, 1.54) is 72.3 Å². The lowest BCUT2D eigenvalue weighted by Gasteiger charge is -2.32. The Morgan fingerprint density at radius 3 is 2.29 bits per heavy atom. The average molecular weight is 572 g/mol. The fourth-order valence-corrected chi connectivity index (χ4v) is 4.58. The molecule has 1 unspecified atom stereocenters. The summed E-state index contributed by atoms with van der Waals surface area (Å²) >= 11 is 0. The lowest BCUT2D eigenvalue weighted by molar-refractivity contribution is -0.140. The second kappa shape index (κ2) is 12.5. The summed E-state index contributed by atoms with van der Waals surface area (Å²) in [5, 5.41) is 11.1. The number of hydrogen-bond acceptors (Lipinski definition) is 6. The Morgan fingerprint density at radius 1 is 0.905 bits per heavy atom. The number of carbonyl (C=O) groups is 2.